The first kappa shape index (κ1) is 60.1. The molecule has 0 rings (SSSR count). The van der Waals surface area contributed by atoms with Crippen LogP contribution >= 0.6 is 0 Å². The van der Waals surface area contributed by atoms with Gasteiger partial charge in [0, 0.05) is 6.42 Å². The molecule has 288 valence electrons. The topological polar surface area (TPSA) is 401 Å². The maximum Gasteiger partial charge on any atom is 0.303 e. The summed E-state index contributed by atoms with van der Waals surface area (Å²) in [5, 5.41) is 152. The number of carboxylic acid groups (broad SMARTS) is 1. The van der Waals surface area contributed by atoms with Gasteiger partial charge in [0.15, 0.2) is 0 Å². The second-order valence-electron chi connectivity index (χ2n) is 8.67. The van der Waals surface area contributed by atoms with Crippen LogP contribution in [0.1, 0.15) is 45.4 Å². The molecule has 20 heteroatoms. The van der Waals surface area contributed by atoms with Gasteiger partial charge in [0.2, 0.25) is 0 Å². The zero-order valence-electron chi connectivity index (χ0n) is 26.6. The number of rotatable bonds is 18. The molecule has 0 aliphatic rings. The lowest BCUT2D eigenvalue weighted by Crippen LogP contribution is -2.15. The van der Waals surface area contributed by atoms with Crippen molar-refractivity contribution >= 4 is 5.97 Å². The third kappa shape index (κ3) is 84.2. The highest BCUT2D eigenvalue weighted by atomic mass is 16.4. The summed E-state index contributed by atoms with van der Waals surface area (Å²) in [6.07, 6.45) is 0.162. The van der Waals surface area contributed by atoms with Crippen molar-refractivity contribution in [2.75, 3.05) is 79.3 Å². The molecule has 20 nitrogen and oxygen atoms in total. The van der Waals surface area contributed by atoms with Crippen LogP contribution in [0.3, 0.4) is 0 Å². The summed E-state index contributed by atoms with van der Waals surface area (Å²) in [6, 6.07) is 0. The van der Waals surface area contributed by atoms with Gasteiger partial charge < -0.3 is 97.0 Å². The van der Waals surface area contributed by atoms with Crippen molar-refractivity contribution in [3.63, 3.8) is 0 Å². The zero-order chi connectivity index (χ0) is 37.8. The third-order valence-electron chi connectivity index (χ3n) is 4.02. The molecule has 0 aromatic heterocycles. The van der Waals surface area contributed by atoms with Gasteiger partial charge >= 0.3 is 5.97 Å². The lowest BCUT2D eigenvalue weighted by atomic mass is 10.1. The Hall–Kier alpha value is -1.25. The van der Waals surface area contributed by atoms with Gasteiger partial charge in [0.05, 0.1) is 79.3 Å². The second-order valence-corrected chi connectivity index (χ2v) is 8.67. The molecule has 0 saturated carbocycles. The van der Waals surface area contributed by atoms with Crippen LogP contribution in [-0.4, -0.2) is 219 Å². The summed E-state index contributed by atoms with van der Waals surface area (Å²) in [5.74, 6) is -0.670. The van der Waals surface area contributed by atoms with Crippen molar-refractivity contribution in [1.29, 1.82) is 0 Å². The second kappa shape index (κ2) is 56.1. The van der Waals surface area contributed by atoms with E-state index in [4.69, 9.17) is 97.0 Å². The fraction of sp³-hybridized carbons (Fsp3) is 0.962. The Labute approximate surface area is 269 Å². The Kier molecular flexibility index (Phi) is 73.3. The van der Waals surface area contributed by atoms with Gasteiger partial charge in [0.1, 0.15) is 36.6 Å². The monoisotopic (exact) mass is 696 g/mol. The van der Waals surface area contributed by atoms with Crippen molar-refractivity contribution in [2.45, 2.75) is 82.1 Å². The van der Waals surface area contributed by atoms with E-state index < -0.39 is 42.6 Å². The van der Waals surface area contributed by atoms with Crippen LogP contribution < -0.4 is 0 Å². The average Bonchev–Trinajstić information content (AvgIpc) is 3.10. The van der Waals surface area contributed by atoms with E-state index >= 15 is 0 Å². The number of aliphatic hydroxyl groups is 18. The van der Waals surface area contributed by atoms with Crippen LogP contribution in [0, 0.1) is 0 Å². The Morgan fingerprint density at radius 3 is 0.652 bits per heavy atom. The molecule has 0 aliphatic carbocycles. The number of hydrogen-bond donors (Lipinski definition) is 19. The molecule has 0 aromatic rings. The van der Waals surface area contributed by atoms with E-state index in [2.05, 4.69) is 6.92 Å². The molecule has 0 bridgehead atoms. The normalized spacial score (nSPS) is 9.93. The minimum Gasteiger partial charge on any atom is -0.481 e. The molecule has 0 aromatic carbocycles. The van der Waals surface area contributed by atoms with Crippen LogP contribution in [0.5, 0.6) is 0 Å². The predicted octanol–water partition coefficient (Wildman–Crippen LogP) is -7.58. The molecule has 0 heterocycles. The molecule has 46 heavy (non-hydrogen) atoms. The van der Waals surface area contributed by atoms with Crippen LogP contribution in [0.25, 0.3) is 0 Å². The van der Waals surface area contributed by atoms with Crippen molar-refractivity contribution in [1.82, 2.24) is 0 Å². The maximum atomic E-state index is 10.0. The van der Waals surface area contributed by atoms with Gasteiger partial charge in [-0.25, -0.2) is 0 Å². The quantitative estimate of drug-likeness (QED) is 0.0591. The summed E-state index contributed by atoms with van der Waals surface area (Å²) in [5.41, 5.74) is 0. The summed E-state index contributed by atoms with van der Waals surface area (Å²) in [4.78, 5) is 10.0. The van der Waals surface area contributed by atoms with Gasteiger partial charge in [-0.05, 0) is 6.42 Å². The molecule has 19 N–H and O–H groups in total. The fourth-order valence-electron chi connectivity index (χ4n) is 1.23. The van der Waals surface area contributed by atoms with Crippen molar-refractivity contribution in [3.05, 3.63) is 0 Å². The Morgan fingerprint density at radius 1 is 0.370 bits per heavy atom. The Balaban J connectivity index is -0.0000000780. The molecule has 0 unspecified atom stereocenters. The molecular weight excluding hydrogens is 632 g/mol. The largest absolute Gasteiger partial charge is 0.481 e. The van der Waals surface area contributed by atoms with E-state index in [-0.39, 0.29) is 79.3 Å². The number of hydrogen-bond acceptors (Lipinski definition) is 19. The number of carbonyl (C=O) groups is 1. The standard InChI is InChI=1S/C8H16O2.6C3H8O3/c1-2-3-4-5-6-7-8(9)10;6*4-1-3(6)2-5/h2-7H2,1H3,(H,9,10);6*3-6H,1-2H2. The van der Waals surface area contributed by atoms with Gasteiger partial charge in [-0.15, -0.1) is 0 Å². The minimum atomic E-state index is -0.954. The Bertz CT molecular complexity index is 393. The fourth-order valence-corrected chi connectivity index (χ4v) is 1.23. The van der Waals surface area contributed by atoms with E-state index in [1.165, 1.54) is 19.3 Å². The summed E-state index contributed by atoms with van der Waals surface area (Å²) < 4.78 is 0. The molecule has 0 aliphatic heterocycles. The van der Waals surface area contributed by atoms with E-state index in [0.29, 0.717) is 6.42 Å². The number of unbranched alkanes of at least 4 members (excludes halogenated alkanes) is 4. The van der Waals surface area contributed by atoms with Crippen LogP contribution in [-0.2, 0) is 4.79 Å². The van der Waals surface area contributed by atoms with Gasteiger partial charge in [-0.2, -0.15) is 0 Å². The first-order valence-corrected chi connectivity index (χ1v) is 14.2. The summed E-state index contributed by atoms with van der Waals surface area (Å²) in [7, 11) is 0. The van der Waals surface area contributed by atoms with E-state index in [1.807, 2.05) is 0 Å². The van der Waals surface area contributed by atoms with Crippen molar-refractivity contribution < 1.29 is 102 Å². The van der Waals surface area contributed by atoms with Gasteiger partial charge in [-0.3, -0.25) is 4.79 Å². The zero-order valence-corrected chi connectivity index (χ0v) is 26.6. The lowest BCUT2D eigenvalue weighted by Gasteiger charge is -1.96. The van der Waals surface area contributed by atoms with E-state index in [0.717, 1.165) is 12.8 Å². The molecule has 0 fully saturated rings. The van der Waals surface area contributed by atoms with Crippen molar-refractivity contribution in [3.8, 4) is 0 Å². The van der Waals surface area contributed by atoms with Crippen molar-refractivity contribution in [2.24, 2.45) is 0 Å². The number of carboxylic acids is 1. The first-order chi connectivity index (χ1) is 21.6. The van der Waals surface area contributed by atoms with Crippen LogP contribution in [0.4, 0.5) is 0 Å². The molecule has 0 saturated heterocycles. The lowest BCUT2D eigenvalue weighted by molar-refractivity contribution is -0.137. The highest BCUT2D eigenvalue weighted by molar-refractivity contribution is 5.66. The van der Waals surface area contributed by atoms with E-state index in [9.17, 15) is 4.79 Å². The highest BCUT2D eigenvalue weighted by Gasteiger charge is 1.97. The number of aliphatic carboxylic acids is 1. The Morgan fingerprint density at radius 2 is 0.543 bits per heavy atom. The maximum absolute atomic E-state index is 10.0. The number of aliphatic hydroxyl groups excluding tert-OH is 18. The molecule has 0 atom stereocenters. The molecular formula is C26H64O20. The highest BCUT2D eigenvalue weighted by Crippen LogP contribution is 2.04. The minimum absolute atomic E-state index is 0.337. The summed E-state index contributed by atoms with van der Waals surface area (Å²) >= 11 is 0. The van der Waals surface area contributed by atoms with Crippen LogP contribution in [0.2, 0.25) is 0 Å². The smallest absolute Gasteiger partial charge is 0.303 e. The van der Waals surface area contributed by atoms with E-state index in [1.54, 1.807) is 0 Å². The molecule has 0 amide bonds. The van der Waals surface area contributed by atoms with Crippen LogP contribution in [0.15, 0.2) is 0 Å². The van der Waals surface area contributed by atoms with Gasteiger partial charge in [-0.1, -0.05) is 32.6 Å². The molecule has 0 radical (unpaired) electrons. The third-order valence-corrected chi connectivity index (χ3v) is 4.02. The average molecular weight is 697 g/mol. The first-order valence-electron chi connectivity index (χ1n) is 14.2. The SMILES string of the molecule is CCCCCCCC(=O)O.OCC(O)CO.OCC(O)CO.OCC(O)CO.OCC(O)CO.OCC(O)CO.OCC(O)CO. The summed E-state index contributed by atoms with van der Waals surface area (Å²) in [6.45, 7) is -2.23. The molecule has 0 spiro atoms. The van der Waals surface area contributed by atoms with Gasteiger partial charge in [0.25, 0.3) is 0 Å². The predicted molar refractivity (Wildman–Crippen MR) is 162 cm³/mol.